The molecule has 47 heavy (non-hydrogen) atoms. The van der Waals surface area contributed by atoms with E-state index in [1.807, 2.05) is 0 Å². The van der Waals surface area contributed by atoms with E-state index in [2.05, 4.69) is 21.3 Å². The normalized spacial score (nSPS) is 14.7. The third-order valence-corrected chi connectivity index (χ3v) is 7.78. The van der Waals surface area contributed by atoms with Gasteiger partial charge in [0.1, 0.15) is 6.04 Å². The van der Waals surface area contributed by atoms with Gasteiger partial charge in [-0.1, -0.05) is 12.5 Å². The largest absolute Gasteiger partial charge is 0.392 e. The van der Waals surface area contributed by atoms with Crippen molar-refractivity contribution in [2.75, 3.05) is 45.2 Å². The van der Waals surface area contributed by atoms with Crippen molar-refractivity contribution in [3.63, 3.8) is 0 Å². The second-order valence-electron chi connectivity index (χ2n) is 11.3. The molecule has 0 saturated heterocycles. The topological polar surface area (TPSA) is 230 Å². The molecular formula is C31H43N7O9. The van der Waals surface area contributed by atoms with E-state index in [0.29, 0.717) is 23.2 Å². The Labute approximate surface area is 272 Å². The van der Waals surface area contributed by atoms with Gasteiger partial charge in [0.05, 0.1) is 32.9 Å². The number of ether oxygens (including phenoxy) is 1. The molecule has 2 aliphatic rings. The highest BCUT2D eigenvalue weighted by molar-refractivity contribution is 6.12. The maximum atomic E-state index is 13.3. The number of rotatable bonds is 19. The number of imide groups is 1. The summed E-state index contributed by atoms with van der Waals surface area (Å²) in [7, 11) is 1.70. The lowest BCUT2D eigenvalue weighted by molar-refractivity contribution is -0.138. The summed E-state index contributed by atoms with van der Waals surface area (Å²) in [5.41, 5.74) is 6.77. The molecule has 256 valence electrons. The average molecular weight is 658 g/mol. The lowest BCUT2D eigenvalue weighted by Crippen LogP contribution is -2.47. The van der Waals surface area contributed by atoms with Gasteiger partial charge < -0.3 is 41.7 Å². The van der Waals surface area contributed by atoms with E-state index in [9.17, 15) is 38.7 Å². The molecule has 16 nitrogen and oxygen atoms in total. The van der Waals surface area contributed by atoms with Gasteiger partial charge in [-0.05, 0) is 48.9 Å². The Balaban J connectivity index is 1.51. The van der Waals surface area contributed by atoms with Gasteiger partial charge >= 0.3 is 6.03 Å². The van der Waals surface area contributed by atoms with E-state index in [-0.39, 0.29) is 64.1 Å². The van der Waals surface area contributed by atoms with Gasteiger partial charge in [-0.2, -0.15) is 0 Å². The van der Waals surface area contributed by atoms with Crippen molar-refractivity contribution in [1.82, 2.24) is 25.8 Å². The number of aliphatic hydroxyl groups is 1. The zero-order chi connectivity index (χ0) is 34.3. The Hall–Kier alpha value is -4.83. The molecular weight excluding hydrogens is 614 g/mol. The number of anilines is 1. The molecule has 1 heterocycles. The number of amides is 8. The van der Waals surface area contributed by atoms with Crippen LogP contribution in [-0.2, 0) is 46.7 Å². The summed E-state index contributed by atoms with van der Waals surface area (Å²) in [5.74, 6) is -2.48. The number of nitrogens with zero attached hydrogens (tertiary/aromatic N) is 2. The number of aliphatic hydroxyl groups excluding tert-OH is 1. The van der Waals surface area contributed by atoms with Crippen LogP contribution in [-0.4, -0.2) is 102 Å². The molecule has 0 bridgehead atoms. The maximum absolute atomic E-state index is 13.3. The van der Waals surface area contributed by atoms with E-state index in [4.69, 9.17) is 10.5 Å². The molecule has 1 aliphatic heterocycles. The molecule has 1 aromatic rings. The molecule has 3 rings (SSSR count). The van der Waals surface area contributed by atoms with Crippen molar-refractivity contribution in [2.45, 2.75) is 57.7 Å². The fraction of sp³-hybridized carbons (Fsp3) is 0.516. The number of primary amides is 1. The Bertz CT molecular complexity index is 1340. The molecule has 0 unspecified atom stereocenters. The first kappa shape index (κ1) is 36.6. The number of urea groups is 1. The molecule has 7 N–H and O–H groups in total. The van der Waals surface area contributed by atoms with Crippen LogP contribution in [0.15, 0.2) is 30.4 Å². The highest BCUT2D eigenvalue weighted by Gasteiger charge is 2.28. The average Bonchev–Trinajstić information content (AvgIpc) is 3.32. The zero-order valence-electron chi connectivity index (χ0n) is 26.4. The summed E-state index contributed by atoms with van der Waals surface area (Å²) in [6.45, 7) is -0.160. The van der Waals surface area contributed by atoms with E-state index in [1.165, 1.54) is 12.2 Å². The number of hydrogen-bond donors (Lipinski definition) is 6. The van der Waals surface area contributed by atoms with Gasteiger partial charge in [0.25, 0.3) is 11.8 Å². The first-order valence-corrected chi connectivity index (χ1v) is 15.5. The first-order chi connectivity index (χ1) is 22.5. The van der Waals surface area contributed by atoms with E-state index in [1.54, 1.807) is 30.1 Å². The summed E-state index contributed by atoms with van der Waals surface area (Å²) < 4.78 is 5.31. The molecule has 0 spiro atoms. The zero-order valence-corrected chi connectivity index (χ0v) is 26.4. The quantitative estimate of drug-likeness (QED) is 0.0812. The fourth-order valence-corrected chi connectivity index (χ4v) is 4.91. The van der Waals surface area contributed by atoms with Crippen LogP contribution in [0.5, 0.6) is 0 Å². The van der Waals surface area contributed by atoms with Crippen LogP contribution in [0, 0.1) is 5.92 Å². The molecule has 1 fully saturated rings. The highest BCUT2D eigenvalue weighted by Crippen LogP contribution is 2.29. The van der Waals surface area contributed by atoms with Crippen LogP contribution >= 0.6 is 0 Å². The van der Waals surface area contributed by atoms with E-state index in [0.717, 1.165) is 24.2 Å². The second-order valence-corrected chi connectivity index (χ2v) is 11.3. The Morgan fingerprint density at radius 2 is 1.77 bits per heavy atom. The van der Waals surface area contributed by atoms with Crippen molar-refractivity contribution < 1.29 is 43.4 Å². The van der Waals surface area contributed by atoms with Crippen molar-refractivity contribution in [1.29, 1.82) is 0 Å². The summed E-state index contributed by atoms with van der Waals surface area (Å²) in [4.78, 5) is 87.5. The van der Waals surface area contributed by atoms with Gasteiger partial charge in [-0.3, -0.25) is 33.7 Å². The molecule has 1 aromatic carbocycles. The number of carbonyl (C=O) groups excluding carboxylic acids is 7. The fourth-order valence-electron chi connectivity index (χ4n) is 4.91. The van der Waals surface area contributed by atoms with Gasteiger partial charge in [0.15, 0.2) is 0 Å². The van der Waals surface area contributed by atoms with Crippen LogP contribution < -0.4 is 27.0 Å². The van der Waals surface area contributed by atoms with Crippen molar-refractivity contribution in [2.24, 2.45) is 11.7 Å². The Morgan fingerprint density at radius 1 is 1.04 bits per heavy atom. The van der Waals surface area contributed by atoms with Gasteiger partial charge in [-0.15, -0.1) is 0 Å². The van der Waals surface area contributed by atoms with Gasteiger partial charge in [-0.25, -0.2) is 4.79 Å². The monoisotopic (exact) mass is 657 g/mol. The highest BCUT2D eigenvalue weighted by atomic mass is 16.5. The first-order valence-electron chi connectivity index (χ1n) is 15.5. The Kier molecular flexibility index (Phi) is 14.3. The minimum absolute atomic E-state index is 0.00338. The number of benzene rings is 1. The van der Waals surface area contributed by atoms with Crippen LogP contribution in [0.2, 0.25) is 0 Å². The van der Waals surface area contributed by atoms with Crippen LogP contribution in [0.1, 0.15) is 49.7 Å². The van der Waals surface area contributed by atoms with Crippen LogP contribution in [0.25, 0.3) is 0 Å². The van der Waals surface area contributed by atoms with Crippen molar-refractivity contribution in [3.05, 3.63) is 41.5 Å². The lowest BCUT2D eigenvalue weighted by Gasteiger charge is -2.29. The minimum atomic E-state index is -1.04. The number of nitrogens with one attached hydrogen (secondary N) is 4. The van der Waals surface area contributed by atoms with E-state index < -0.39 is 48.2 Å². The third kappa shape index (κ3) is 11.8. The van der Waals surface area contributed by atoms with Crippen LogP contribution in [0.3, 0.4) is 0 Å². The molecule has 1 atom stereocenters. The molecule has 8 amide bonds. The summed E-state index contributed by atoms with van der Waals surface area (Å²) in [5, 5.41) is 20.1. The summed E-state index contributed by atoms with van der Waals surface area (Å²) in [6, 6.07) is 3.16. The van der Waals surface area contributed by atoms with Crippen molar-refractivity contribution >= 4 is 47.2 Å². The molecule has 16 heteroatoms. The minimum Gasteiger partial charge on any atom is -0.392 e. The molecule has 1 saturated carbocycles. The van der Waals surface area contributed by atoms with Gasteiger partial charge in [0.2, 0.25) is 23.6 Å². The summed E-state index contributed by atoms with van der Waals surface area (Å²) in [6.07, 6.45) is 5.44. The smallest absolute Gasteiger partial charge is 0.312 e. The van der Waals surface area contributed by atoms with Crippen molar-refractivity contribution in [3.8, 4) is 0 Å². The lowest BCUT2D eigenvalue weighted by atomic mass is 9.84. The number of nitrogens with two attached hydrogens (primary N) is 1. The van der Waals surface area contributed by atoms with Gasteiger partial charge in [0, 0.05) is 50.3 Å². The number of hydrogen-bond acceptors (Lipinski definition) is 9. The summed E-state index contributed by atoms with van der Waals surface area (Å²) >= 11 is 0. The van der Waals surface area contributed by atoms with E-state index >= 15 is 0 Å². The maximum Gasteiger partial charge on any atom is 0.312 e. The third-order valence-electron chi connectivity index (χ3n) is 7.78. The molecule has 0 radical (unpaired) electrons. The predicted molar refractivity (Wildman–Crippen MR) is 168 cm³/mol. The van der Waals surface area contributed by atoms with Crippen LogP contribution in [0.4, 0.5) is 10.5 Å². The molecule has 1 aliphatic carbocycles. The Morgan fingerprint density at radius 3 is 2.40 bits per heavy atom. The molecule has 0 aromatic heterocycles. The predicted octanol–water partition coefficient (Wildman–Crippen LogP) is -0.743. The standard InChI is InChI=1S/C31H43N7O9/c1-37(30(45)20-4-2-5-20)18-22-16-23(8-7-21(22)19-39)35-29(44)24(6-3-12-33-31(32)46)36-26(41)17-34-25(40)11-14-47-15-13-38-27(42)9-10-28(38)43/h7-10,16,20,24,39H,2-6,11-15,17-19H2,1H3,(H,34,40)(H,35,44)(H,36,41)(H3,32,33,46)/t24-/m0/s1. The SMILES string of the molecule is CN(Cc1cc(NC(=O)[C@H](CCCNC(N)=O)NC(=O)CNC(=O)CCOCCN2C(=O)C=CC2=O)ccc1CO)C(=O)C1CCC1. The second kappa shape index (κ2) is 18.3. The number of carbonyl (C=O) groups is 7.